The maximum atomic E-state index is 12.1. The third-order valence-corrected chi connectivity index (χ3v) is 4.57. The highest BCUT2D eigenvalue weighted by Crippen LogP contribution is 2.37. The molecule has 1 aromatic rings. The van der Waals surface area contributed by atoms with Crippen LogP contribution in [0.5, 0.6) is 0 Å². The molecule has 0 atom stereocenters. The molecule has 0 saturated carbocycles. The molecule has 0 bridgehead atoms. The SMILES string of the molecule is CCNc1c(N)cc(C(=O)OCC)cc1B1OC(C)(C)C(C)(C)O1. The molecule has 1 heterocycles. The van der Waals surface area contributed by atoms with Gasteiger partial charge in [-0.25, -0.2) is 4.79 Å². The first-order chi connectivity index (χ1) is 11.1. The second-order valence-corrected chi connectivity index (χ2v) is 6.87. The number of hydrogen-bond donors (Lipinski definition) is 2. The minimum atomic E-state index is -0.610. The number of nitrogens with two attached hydrogens (primary N) is 1. The number of benzene rings is 1. The van der Waals surface area contributed by atoms with Gasteiger partial charge in [0.25, 0.3) is 0 Å². The van der Waals surface area contributed by atoms with Gasteiger partial charge in [-0.15, -0.1) is 0 Å². The Balaban J connectivity index is 2.48. The van der Waals surface area contributed by atoms with Crippen molar-refractivity contribution in [3.8, 4) is 0 Å². The van der Waals surface area contributed by atoms with Crippen LogP contribution in [0.3, 0.4) is 0 Å². The number of ether oxygens (including phenoxy) is 1. The summed E-state index contributed by atoms with van der Waals surface area (Å²) in [5.74, 6) is -0.412. The molecule has 1 aliphatic rings. The van der Waals surface area contributed by atoms with Gasteiger partial charge in [-0.2, -0.15) is 0 Å². The van der Waals surface area contributed by atoms with E-state index in [4.69, 9.17) is 19.8 Å². The molecular weight excluding hydrogens is 307 g/mol. The van der Waals surface area contributed by atoms with Crippen molar-refractivity contribution in [2.75, 3.05) is 24.2 Å². The van der Waals surface area contributed by atoms with E-state index in [-0.39, 0.29) is 0 Å². The van der Waals surface area contributed by atoms with E-state index in [1.54, 1.807) is 19.1 Å². The maximum Gasteiger partial charge on any atom is 0.497 e. The average Bonchev–Trinajstić information content (AvgIpc) is 2.69. The van der Waals surface area contributed by atoms with Crippen LogP contribution in [0, 0.1) is 0 Å². The van der Waals surface area contributed by atoms with Gasteiger partial charge in [0.15, 0.2) is 0 Å². The van der Waals surface area contributed by atoms with Crippen molar-refractivity contribution in [3.05, 3.63) is 17.7 Å². The number of anilines is 2. The maximum absolute atomic E-state index is 12.1. The molecule has 6 nitrogen and oxygen atoms in total. The van der Waals surface area contributed by atoms with Crippen molar-refractivity contribution in [1.82, 2.24) is 0 Å². The van der Waals surface area contributed by atoms with Gasteiger partial charge in [0.1, 0.15) is 0 Å². The Morgan fingerprint density at radius 1 is 1.21 bits per heavy atom. The lowest BCUT2D eigenvalue weighted by atomic mass is 9.76. The van der Waals surface area contributed by atoms with Gasteiger partial charge >= 0.3 is 13.1 Å². The van der Waals surface area contributed by atoms with Crippen LogP contribution in [-0.4, -0.2) is 37.4 Å². The van der Waals surface area contributed by atoms with Gasteiger partial charge in [-0.1, -0.05) is 0 Å². The van der Waals surface area contributed by atoms with Gasteiger partial charge in [0.2, 0.25) is 0 Å². The number of carbonyl (C=O) groups is 1. The van der Waals surface area contributed by atoms with Crippen molar-refractivity contribution in [1.29, 1.82) is 0 Å². The van der Waals surface area contributed by atoms with E-state index in [2.05, 4.69) is 5.32 Å². The van der Waals surface area contributed by atoms with Crippen LogP contribution in [0.2, 0.25) is 0 Å². The molecule has 0 amide bonds. The van der Waals surface area contributed by atoms with Gasteiger partial charge in [-0.3, -0.25) is 0 Å². The molecule has 132 valence electrons. The molecule has 2 rings (SSSR count). The van der Waals surface area contributed by atoms with Crippen molar-refractivity contribution in [2.45, 2.75) is 52.7 Å². The second-order valence-electron chi connectivity index (χ2n) is 6.87. The molecule has 0 aromatic heterocycles. The highest BCUT2D eigenvalue weighted by atomic mass is 16.7. The molecule has 0 radical (unpaired) electrons. The van der Waals surface area contributed by atoms with Crippen LogP contribution in [0.1, 0.15) is 51.9 Å². The first kappa shape index (κ1) is 18.6. The van der Waals surface area contributed by atoms with Gasteiger partial charge < -0.3 is 25.1 Å². The number of nitrogens with one attached hydrogen (secondary N) is 1. The lowest BCUT2D eigenvalue weighted by Gasteiger charge is -2.32. The zero-order valence-electron chi connectivity index (χ0n) is 15.4. The third-order valence-electron chi connectivity index (χ3n) is 4.57. The molecule has 3 N–H and O–H groups in total. The summed E-state index contributed by atoms with van der Waals surface area (Å²) in [7, 11) is -0.610. The van der Waals surface area contributed by atoms with Crippen LogP contribution in [0.4, 0.5) is 11.4 Å². The van der Waals surface area contributed by atoms with Crippen LogP contribution >= 0.6 is 0 Å². The molecule has 0 unspecified atom stereocenters. The summed E-state index contributed by atoms with van der Waals surface area (Å²) in [5.41, 5.74) is 7.50. The van der Waals surface area contributed by atoms with Crippen molar-refractivity contribution >= 4 is 29.9 Å². The molecule has 7 heteroatoms. The fraction of sp³-hybridized carbons (Fsp3) is 0.588. The molecule has 0 aliphatic carbocycles. The topological polar surface area (TPSA) is 82.8 Å². The van der Waals surface area contributed by atoms with Crippen LogP contribution < -0.4 is 16.5 Å². The highest BCUT2D eigenvalue weighted by molar-refractivity contribution is 6.64. The van der Waals surface area contributed by atoms with E-state index in [0.717, 1.165) is 5.69 Å². The van der Waals surface area contributed by atoms with E-state index >= 15 is 0 Å². The molecule has 1 aromatic carbocycles. The smallest absolute Gasteiger partial charge is 0.462 e. The summed E-state index contributed by atoms with van der Waals surface area (Å²) in [6, 6.07) is 3.35. The van der Waals surface area contributed by atoms with E-state index in [9.17, 15) is 4.79 Å². The third kappa shape index (κ3) is 3.37. The molecule has 1 saturated heterocycles. The Labute approximate surface area is 144 Å². The fourth-order valence-electron chi connectivity index (χ4n) is 2.56. The average molecular weight is 334 g/mol. The normalized spacial score (nSPS) is 18.5. The molecule has 1 aliphatic heterocycles. The molecule has 0 spiro atoms. The van der Waals surface area contributed by atoms with Gasteiger partial charge in [0, 0.05) is 12.0 Å². The Kier molecular flexibility index (Phi) is 5.15. The summed E-state index contributed by atoms with van der Waals surface area (Å²) < 4.78 is 17.3. The first-order valence-electron chi connectivity index (χ1n) is 8.33. The minimum Gasteiger partial charge on any atom is -0.462 e. The summed E-state index contributed by atoms with van der Waals surface area (Å²) in [5, 5.41) is 3.24. The minimum absolute atomic E-state index is 0.305. The zero-order valence-corrected chi connectivity index (χ0v) is 15.4. The Morgan fingerprint density at radius 3 is 2.29 bits per heavy atom. The predicted octanol–water partition coefficient (Wildman–Crippen LogP) is 2.18. The first-order valence-corrected chi connectivity index (χ1v) is 8.33. The second kappa shape index (κ2) is 6.65. The number of esters is 1. The van der Waals surface area contributed by atoms with Gasteiger partial charge in [0.05, 0.1) is 34.7 Å². The molecular formula is C17H27BN2O4. The summed E-state index contributed by atoms with van der Waals surface area (Å²) >= 11 is 0. The van der Waals surface area contributed by atoms with Crippen LogP contribution in [-0.2, 0) is 14.0 Å². The van der Waals surface area contributed by atoms with Crippen molar-refractivity contribution in [2.24, 2.45) is 0 Å². The number of rotatable bonds is 5. The van der Waals surface area contributed by atoms with Crippen LogP contribution in [0.25, 0.3) is 0 Å². The van der Waals surface area contributed by atoms with E-state index < -0.39 is 24.3 Å². The van der Waals surface area contributed by atoms with Crippen molar-refractivity contribution < 1.29 is 18.8 Å². The van der Waals surface area contributed by atoms with Gasteiger partial charge in [-0.05, 0) is 53.7 Å². The summed E-state index contributed by atoms with van der Waals surface area (Å²) in [6.45, 7) is 12.7. The number of carbonyl (C=O) groups excluding carboxylic acids is 1. The summed E-state index contributed by atoms with van der Waals surface area (Å²) in [4.78, 5) is 12.1. The zero-order chi connectivity index (χ0) is 18.1. The monoisotopic (exact) mass is 334 g/mol. The standard InChI is InChI=1S/C17H27BN2O4/c1-7-20-14-12(18-23-16(3,4)17(5,6)24-18)9-11(10-13(14)19)15(21)22-8-2/h9-10,20H,7-8,19H2,1-6H3. The van der Waals surface area contributed by atoms with E-state index in [0.29, 0.717) is 29.9 Å². The Morgan fingerprint density at radius 2 is 1.79 bits per heavy atom. The predicted molar refractivity (Wildman–Crippen MR) is 96.7 cm³/mol. The van der Waals surface area contributed by atoms with E-state index in [1.165, 1.54) is 0 Å². The lowest BCUT2D eigenvalue weighted by Crippen LogP contribution is -2.41. The quantitative estimate of drug-likeness (QED) is 0.488. The molecule has 1 fully saturated rings. The lowest BCUT2D eigenvalue weighted by molar-refractivity contribution is 0.00578. The number of nitrogen functional groups attached to an aromatic ring is 1. The van der Waals surface area contributed by atoms with Crippen molar-refractivity contribution in [3.63, 3.8) is 0 Å². The van der Waals surface area contributed by atoms with E-state index in [1.807, 2.05) is 34.6 Å². The molecule has 24 heavy (non-hydrogen) atoms. The number of hydrogen-bond acceptors (Lipinski definition) is 6. The summed E-state index contributed by atoms with van der Waals surface area (Å²) in [6.07, 6.45) is 0. The van der Waals surface area contributed by atoms with Crippen LogP contribution in [0.15, 0.2) is 12.1 Å². The Bertz CT molecular complexity index is 615. The highest BCUT2D eigenvalue weighted by Gasteiger charge is 2.52. The fourth-order valence-corrected chi connectivity index (χ4v) is 2.56. The Hall–Kier alpha value is -1.73. The largest absolute Gasteiger partial charge is 0.497 e.